The first-order valence-corrected chi connectivity index (χ1v) is 4.55. The summed E-state index contributed by atoms with van der Waals surface area (Å²) in [4.78, 5) is 3.88. The number of hydrogen-bond acceptors (Lipinski definition) is 2. The van der Waals surface area contributed by atoms with Gasteiger partial charge in [0.05, 0.1) is 12.0 Å². The van der Waals surface area contributed by atoms with Crippen LogP contribution < -0.4 is 5.32 Å². The highest BCUT2D eigenvalue weighted by Crippen LogP contribution is 2.22. The lowest BCUT2D eigenvalue weighted by atomic mass is 10.2. The lowest BCUT2D eigenvalue weighted by molar-refractivity contribution is 0.0982. The Hall–Kier alpha value is -0.970. The molecule has 0 fully saturated rings. The van der Waals surface area contributed by atoms with E-state index < -0.39 is 12.5 Å². The minimum Gasteiger partial charge on any atom is -0.330 e. The van der Waals surface area contributed by atoms with E-state index in [0.29, 0.717) is 5.69 Å². The first-order chi connectivity index (χ1) is 6.57. The van der Waals surface area contributed by atoms with E-state index in [1.54, 1.807) is 10.9 Å². The van der Waals surface area contributed by atoms with Gasteiger partial charge in [0.15, 0.2) is 0 Å². The molecule has 0 bridgehead atoms. The quantitative estimate of drug-likeness (QED) is 0.811. The van der Waals surface area contributed by atoms with Crippen LogP contribution in [0.3, 0.4) is 0 Å². The third-order valence-corrected chi connectivity index (χ3v) is 2.13. The summed E-state index contributed by atoms with van der Waals surface area (Å²) in [6.45, 7) is 3.87. The Morgan fingerprint density at radius 1 is 1.43 bits per heavy atom. The second kappa shape index (κ2) is 4.50. The average molecular weight is 203 g/mol. The van der Waals surface area contributed by atoms with Gasteiger partial charge in [-0.2, -0.15) is 0 Å². The van der Waals surface area contributed by atoms with E-state index in [0.717, 1.165) is 0 Å². The van der Waals surface area contributed by atoms with Gasteiger partial charge < -0.3 is 9.88 Å². The highest BCUT2D eigenvalue weighted by atomic mass is 19.3. The topological polar surface area (TPSA) is 29.9 Å². The molecule has 1 aromatic rings. The fourth-order valence-corrected chi connectivity index (χ4v) is 1.39. The molecule has 1 N–H and O–H groups in total. The van der Waals surface area contributed by atoms with Gasteiger partial charge in [-0.1, -0.05) is 0 Å². The van der Waals surface area contributed by atoms with E-state index >= 15 is 0 Å². The third-order valence-electron chi connectivity index (χ3n) is 2.13. The van der Waals surface area contributed by atoms with Gasteiger partial charge in [-0.05, 0) is 20.9 Å². The van der Waals surface area contributed by atoms with Gasteiger partial charge in [0.2, 0.25) is 0 Å². The van der Waals surface area contributed by atoms with Crippen LogP contribution in [0.15, 0.2) is 12.5 Å². The summed E-state index contributed by atoms with van der Waals surface area (Å²) in [5.74, 6) is 0. The van der Waals surface area contributed by atoms with Crippen molar-refractivity contribution in [3.8, 4) is 0 Å². The van der Waals surface area contributed by atoms with Crippen LogP contribution in [0.25, 0.3) is 0 Å². The van der Waals surface area contributed by atoms with Crippen molar-refractivity contribution in [3.63, 3.8) is 0 Å². The smallest absolute Gasteiger partial charge is 0.259 e. The largest absolute Gasteiger partial charge is 0.330 e. The van der Waals surface area contributed by atoms with E-state index in [4.69, 9.17) is 0 Å². The van der Waals surface area contributed by atoms with Crippen molar-refractivity contribution in [1.82, 2.24) is 14.9 Å². The monoisotopic (exact) mass is 203 g/mol. The minimum atomic E-state index is -2.42. The van der Waals surface area contributed by atoms with Gasteiger partial charge in [-0.25, -0.2) is 13.8 Å². The molecule has 1 unspecified atom stereocenters. The van der Waals surface area contributed by atoms with E-state index in [-0.39, 0.29) is 6.04 Å². The summed E-state index contributed by atoms with van der Waals surface area (Å²) in [7, 11) is 1.52. The predicted molar refractivity (Wildman–Crippen MR) is 50.4 cm³/mol. The lowest BCUT2D eigenvalue weighted by Crippen LogP contribution is -2.26. The van der Waals surface area contributed by atoms with Gasteiger partial charge in [0.25, 0.3) is 6.43 Å². The Morgan fingerprint density at radius 3 is 2.50 bits per heavy atom. The Balaban J connectivity index is 2.97. The van der Waals surface area contributed by atoms with E-state index in [9.17, 15) is 8.78 Å². The molecule has 0 spiro atoms. The Kier molecular flexibility index (Phi) is 3.57. The number of imidazole rings is 1. The summed E-state index contributed by atoms with van der Waals surface area (Å²) in [6, 6.07) is -0.804. The van der Waals surface area contributed by atoms with Gasteiger partial charge in [-0.3, -0.25) is 0 Å². The molecule has 0 saturated heterocycles. The van der Waals surface area contributed by atoms with Crippen molar-refractivity contribution < 1.29 is 8.78 Å². The molecule has 0 amide bonds. The third kappa shape index (κ3) is 2.09. The first-order valence-electron chi connectivity index (χ1n) is 4.55. The summed E-state index contributed by atoms with van der Waals surface area (Å²) in [5, 5.41) is 2.59. The van der Waals surface area contributed by atoms with Crippen LogP contribution in [0, 0.1) is 0 Å². The molecule has 1 heterocycles. The van der Waals surface area contributed by atoms with Crippen LogP contribution in [0.4, 0.5) is 8.78 Å². The van der Waals surface area contributed by atoms with Crippen molar-refractivity contribution in [2.24, 2.45) is 0 Å². The molecule has 3 nitrogen and oxygen atoms in total. The maximum absolute atomic E-state index is 12.6. The van der Waals surface area contributed by atoms with Gasteiger partial charge in [0.1, 0.15) is 6.04 Å². The molecule has 0 aromatic carbocycles. The molecule has 1 rings (SSSR count). The molecule has 5 heteroatoms. The van der Waals surface area contributed by atoms with Gasteiger partial charge >= 0.3 is 0 Å². The van der Waals surface area contributed by atoms with Gasteiger partial charge in [0, 0.05) is 12.2 Å². The zero-order valence-corrected chi connectivity index (χ0v) is 8.54. The van der Waals surface area contributed by atoms with Crippen molar-refractivity contribution in [2.75, 3.05) is 7.05 Å². The van der Waals surface area contributed by atoms with Crippen LogP contribution in [-0.4, -0.2) is 23.0 Å². The summed E-state index contributed by atoms with van der Waals surface area (Å²) in [5.41, 5.74) is 0.525. The van der Waals surface area contributed by atoms with E-state index in [1.807, 2.05) is 13.8 Å². The van der Waals surface area contributed by atoms with Crippen molar-refractivity contribution in [1.29, 1.82) is 0 Å². The number of rotatable bonds is 4. The van der Waals surface area contributed by atoms with Crippen LogP contribution in [0.1, 0.15) is 31.6 Å². The minimum absolute atomic E-state index is 0.141. The van der Waals surface area contributed by atoms with Gasteiger partial charge in [-0.15, -0.1) is 0 Å². The van der Waals surface area contributed by atoms with Crippen molar-refractivity contribution >= 4 is 0 Å². The Labute approximate surface area is 82.1 Å². The molecule has 1 aromatic heterocycles. The molecule has 0 aliphatic heterocycles. The molecule has 0 aliphatic rings. The molecular weight excluding hydrogens is 188 g/mol. The number of aromatic nitrogens is 2. The molecule has 80 valence electrons. The Morgan fingerprint density at radius 2 is 2.07 bits per heavy atom. The van der Waals surface area contributed by atoms with Crippen molar-refractivity contribution in [2.45, 2.75) is 32.4 Å². The predicted octanol–water partition coefficient (Wildman–Crippen LogP) is 1.99. The highest BCUT2D eigenvalue weighted by Gasteiger charge is 2.24. The SMILES string of the molecule is CNC(c1cncn1C(C)C)C(F)F. The molecule has 14 heavy (non-hydrogen) atoms. The van der Waals surface area contributed by atoms with E-state index in [1.165, 1.54) is 13.2 Å². The maximum atomic E-state index is 12.6. The first kappa shape index (κ1) is 11.1. The van der Waals surface area contributed by atoms with Crippen LogP contribution in [-0.2, 0) is 0 Å². The number of hydrogen-bond donors (Lipinski definition) is 1. The fourth-order valence-electron chi connectivity index (χ4n) is 1.39. The standard InChI is InChI=1S/C9H15F2N3/c1-6(2)14-5-13-4-7(14)8(12-3)9(10)11/h4-6,8-9,12H,1-3H3. The summed E-state index contributed by atoms with van der Waals surface area (Å²) >= 11 is 0. The number of halogens is 2. The van der Waals surface area contributed by atoms with E-state index in [2.05, 4.69) is 10.3 Å². The second-order valence-electron chi connectivity index (χ2n) is 3.42. The maximum Gasteiger partial charge on any atom is 0.259 e. The number of nitrogens with zero attached hydrogens (tertiary/aromatic N) is 2. The van der Waals surface area contributed by atoms with Crippen LogP contribution in [0.2, 0.25) is 0 Å². The van der Waals surface area contributed by atoms with Crippen molar-refractivity contribution in [3.05, 3.63) is 18.2 Å². The zero-order chi connectivity index (χ0) is 10.7. The zero-order valence-electron chi connectivity index (χ0n) is 8.54. The molecule has 0 saturated carbocycles. The fraction of sp³-hybridized carbons (Fsp3) is 0.667. The molecule has 1 atom stereocenters. The normalized spacial score (nSPS) is 13.9. The molecule has 0 aliphatic carbocycles. The summed E-state index contributed by atoms with van der Waals surface area (Å²) in [6.07, 6.45) is 0.634. The summed E-state index contributed by atoms with van der Waals surface area (Å²) < 4.78 is 26.9. The lowest BCUT2D eigenvalue weighted by Gasteiger charge is -2.19. The van der Waals surface area contributed by atoms with Crippen LogP contribution in [0.5, 0.6) is 0 Å². The number of alkyl halides is 2. The highest BCUT2D eigenvalue weighted by molar-refractivity contribution is 5.07. The second-order valence-corrected chi connectivity index (χ2v) is 3.42. The van der Waals surface area contributed by atoms with Crippen LogP contribution >= 0.6 is 0 Å². The average Bonchev–Trinajstić information content (AvgIpc) is 2.53. The Bertz CT molecular complexity index is 283. The number of nitrogens with one attached hydrogen (secondary N) is 1. The molecular formula is C9H15F2N3. The molecule has 0 radical (unpaired) electrons.